The van der Waals surface area contributed by atoms with Crippen molar-refractivity contribution in [1.29, 1.82) is 0 Å². The Kier molecular flexibility index (Phi) is 6.42. The molecule has 2 heterocycles. The molecular weight excluding hydrogens is 390 g/mol. The maximum Gasteiger partial charge on any atom is 0.435 e. The summed E-state index contributed by atoms with van der Waals surface area (Å²) in [4.78, 5) is 13.9. The van der Waals surface area contributed by atoms with Crippen LogP contribution >= 0.6 is 12.4 Å². The van der Waals surface area contributed by atoms with E-state index < -0.39 is 29.3 Å². The van der Waals surface area contributed by atoms with Crippen molar-refractivity contribution in [1.82, 2.24) is 25.2 Å². The lowest BCUT2D eigenvalue weighted by Gasteiger charge is -2.31. The second kappa shape index (κ2) is 8.22. The topological polar surface area (TPSA) is 63.1 Å². The van der Waals surface area contributed by atoms with Crippen LogP contribution in [0.3, 0.4) is 0 Å². The number of amides is 1. The van der Waals surface area contributed by atoms with Crippen LogP contribution in [0.2, 0.25) is 0 Å². The van der Waals surface area contributed by atoms with Crippen molar-refractivity contribution in [2.75, 3.05) is 20.1 Å². The lowest BCUT2D eigenvalue weighted by atomic mass is 10.0. The Hall–Kier alpha value is -2.20. The van der Waals surface area contributed by atoms with Crippen LogP contribution in [-0.2, 0) is 6.18 Å². The molecule has 0 bridgehead atoms. The average molecular weight is 408 g/mol. The van der Waals surface area contributed by atoms with Gasteiger partial charge in [-0.25, -0.2) is 9.07 Å². The van der Waals surface area contributed by atoms with Crippen LogP contribution < -0.4 is 5.32 Å². The van der Waals surface area contributed by atoms with E-state index in [1.807, 2.05) is 0 Å². The summed E-state index contributed by atoms with van der Waals surface area (Å²) in [6.45, 7) is 0.656. The average Bonchev–Trinajstić information content (AvgIpc) is 3.07. The van der Waals surface area contributed by atoms with E-state index in [1.165, 1.54) is 17.0 Å². The summed E-state index contributed by atoms with van der Waals surface area (Å²) in [6, 6.07) is 4.75. The molecule has 1 aliphatic heterocycles. The quantitative estimate of drug-likeness (QED) is 0.795. The number of hydrogen-bond donors (Lipinski definition) is 1. The monoisotopic (exact) mass is 407 g/mol. The summed E-state index contributed by atoms with van der Waals surface area (Å²) in [6.07, 6.45) is -3.59. The lowest BCUT2D eigenvalue weighted by Crippen LogP contribution is -2.44. The van der Waals surface area contributed by atoms with Gasteiger partial charge in [0.25, 0.3) is 5.91 Å². The molecule has 0 spiro atoms. The van der Waals surface area contributed by atoms with Crippen molar-refractivity contribution in [2.24, 2.45) is 0 Å². The van der Waals surface area contributed by atoms with E-state index in [0.717, 1.165) is 12.1 Å². The fraction of sp³-hybridized carbons (Fsp3) is 0.438. The summed E-state index contributed by atoms with van der Waals surface area (Å²) in [5, 5.41) is 10.0. The number of carbonyl (C=O) groups is 1. The second-order valence-corrected chi connectivity index (χ2v) is 6.03. The normalized spacial score (nSPS) is 15.5. The molecule has 1 N–H and O–H groups in total. The van der Waals surface area contributed by atoms with Gasteiger partial charge in [0.1, 0.15) is 5.82 Å². The summed E-state index contributed by atoms with van der Waals surface area (Å²) >= 11 is 0. The number of benzene rings is 1. The van der Waals surface area contributed by atoms with Crippen molar-refractivity contribution < 1.29 is 22.4 Å². The highest BCUT2D eigenvalue weighted by molar-refractivity contribution is 5.93. The molecular formula is C16H18ClF4N5O. The van der Waals surface area contributed by atoms with Gasteiger partial charge in [-0.1, -0.05) is 11.3 Å². The molecule has 1 saturated heterocycles. The van der Waals surface area contributed by atoms with Crippen LogP contribution in [0.25, 0.3) is 5.69 Å². The summed E-state index contributed by atoms with van der Waals surface area (Å²) in [7, 11) is 1.80. The first-order valence-electron chi connectivity index (χ1n) is 8.06. The third-order valence-electron chi connectivity index (χ3n) is 4.38. The molecule has 1 aromatic heterocycles. The number of likely N-dealkylation sites (tertiary alicyclic amines) is 1. The molecule has 148 valence electrons. The third kappa shape index (κ3) is 4.38. The number of alkyl halides is 3. The number of carbonyl (C=O) groups excluding carboxylic acids is 1. The van der Waals surface area contributed by atoms with E-state index in [4.69, 9.17) is 0 Å². The number of piperidine rings is 1. The number of nitrogens with zero attached hydrogens (tertiary/aromatic N) is 4. The summed E-state index contributed by atoms with van der Waals surface area (Å²) in [5.41, 5.74) is -2.23. The minimum Gasteiger partial charge on any atom is -0.337 e. The largest absolute Gasteiger partial charge is 0.435 e. The number of rotatable bonds is 3. The van der Waals surface area contributed by atoms with E-state index >= 15 is 0 Å². The van der Waals surface area contributed by atoms with Gasteiger partial charge in [0, 0.05) is 19.1 Å². The molecule has 6 nitrogen and oxygen atoms in total. The zero-order valence-electron chi connectivity index (χ0n) is 14.3. The fourth-order valence-electron chi connectivity index (χ4n) is 2.99. The zero-order valence-corrected chi connectivity index (χ0v) is 15.1. The van der Waals surface area contributed by atoms with E-state index in [9.17, 15) is 22.4 Å². The molecule has 0 unspecified atom stereocenters. The molecule has 0 aliphatic carbocycles. The highest BCUT2D eigenvalue weighted by atomic mass is 35.5. The molecule has 2 aromatic rings. The van der Waals surface area contributed by atoms with Crippen molar-refractivity contribution in [3.05, 3.63) is 41.5 Å². The van der Waals surface area contributed by atoms with Crippen molar-refractivity contribution in [3.8, 4) is 5.69 Å². The van der Waals surface area contributed by atoms with Gasteiger partial charge < -0.3 is 10.2 Å². The van der Waals surface area contributed by atoms with Crippen LogP contribution in [-0.4, -0.2) is 52.0 Å². The van der Waals surface area contributed by atoms with E-state index in [2.05, 4.69) is 15.6 Å². The predicted octanol–water partition coefficient (Wildman–Crippen LogP) is 2.67. The maximum absolute atomic E-state index is 13.6. The van der Waals surface area contributed by atoms with Gasteiger partial charge in [-0.3, -0.25) is 4.79 Å². The molecule has 3 rings (SSSR count). The highest BCUT2D eigenvalue weighted by Gasteiger charge is 2.43. The van der Waals surface area contributed by atoms with E-state index in [-0.39, 0.29) is 24.1 Å². The molecule has 1 aliphatic rings. The second-order valence-electron chi connectivity index (χ2n) is 6.03. The standard InChI is InChI=1S/C16H17F4N5O.ClH/c1-21-11-5-7-24(8-6-11)15(26)13-14(16(18,19)20)25(23-22-13)12-4-2-3-10(17)9-12;/h2-4,9,11,21H,5-8H2,1H3;1H. The Labute approximate surface area is 158 Å². The van der Waals surface area contributed by atoms with Gasteiger partial charge in [0.15, 0.2) is 11.4 Å². The number of hydrogen-bond acceptors (Lipinski definition) is 4. The molecule has 1 aromatic carbocycles. The van der Waals surface area contributed by atoms with Crippen LogP contribution in [0.15, 0.2) is 24.3 Å². The molecule has 27 heavy (non-hydrogen) atoms. The van der Waals surface area contributed by atoms with Gasteiger partial charge in [0.2, 0.25) is 0 Å². The van der Waals surface area contributed by atoms with Crippen molar-refractivity contribution in [2.45, 2.75) is 25.1 Å². The zero-order chi connectivity index (χ0) is 18.9. The van der Waals surface area contributed by atoms with Gasteiger partial charge >= 0.3 is 6.18 Å². The van der Waals surface area contributed by atoms with Crippen LogP contribution in [0.4, 0.5) is 17.6 Å². The Morgan fingerprint density at radius 2 is 1.93 bits per heavy atom. The minimum absolute atomic E-state index is 0. The van der Waals surface area contributed by atoms with Crippen LogP contribution in [0.5, 0.6) is 0 Å². The van der Waals surface area contributed by atoms with Gasteiger partial charge in [-0.05, 0) is 38.1 Å². The minimum atomic E-state index is -4.87. The lowest BCUT2D eigenvalue weighted by molar-refractivity contribution is -0.143. The Morgan fingerprint density at radius 1 is 1.26 bits per heavy atom. The number of aromatic nitrogens is 3. The molecule has 0 saturated carbocycles. The van der Waals surface area contributed by atoms with Crippen LogP contribution in [0, 0.1) is 5.82 Å². The highest BCUT2D eigenvalue weighted by Crippen LogP contribution is 2.33. The number of nitrogens with one attached hydrogen (secondary N) is 1. The van der Waals surface area contributed by atoms with E-state index in [1.54, 1.807) is 7.05 Å². The van der Waals surface area contributed by atoms with Gasteiger partial charge in [-0.15, -0.1) is 17.5 Å². The fourth-order valence-corrected chi connectivity index (χ4v) is 2.99. The molecule has 1 amide bonds. The molecule has 0 radical (unpaired) electrons. The smallest absolute Gasteiger partial charge is 0.337 e. The third-order valence-corrected chi connectivity index (χ3v) is 4.38. The number of halogens is 5. The summed E-state index contributed by atoms with van der Waals surface area (Å²) < 4.78 is 54.6. The first kappa shape index (κ1) is 21.1. The van der Waals surface area contributed by atoms with Crippen molar-refractivity contribution >= 4 is 18.3 Å². The first-order valence-corrected chi connectivity index (χ1v) is 8.06. The Morgan fingerprint density at radius 3 is 2.48 bits per heavy atom. The van der Waals surface area contributed by atoms with Crippen LogP contribution in [0.1, 0.15) is 29.0 Å². The van der Waals surface area contributed by atoms with E-state index in [0.29, 0.717) is 30.6 Å². The molecule has 11 heteroatoms. The van der Waals surface area contributed by atoms with Crippen molar-refractivity contribution in [3.63, 3.8) is 0 Å². The maximum atomic E-state index is 13.6. The SMILES string of the molecule is CNC1CCN(C(=O)c2nnn(-c3cccc(F)c3)c2C(F)(F)F)CC1.Cl. The van der Waals surface area contributed by atoms with Gasteiger partial charge in [-0.2, -0.15) is 13.2 Å². The Bertz CT molecular complexity index is 802. The summed E-state index contributed by atoms with van der Waals surface area (Å²) in [5.74, 6) is -1.54. The van der Waals surface area contributed by atoms with Gasteiger partial charge in [0.05, 0.1) is 5.69 Å². The Balaban J connectivity index is 0.00000261. The molecule has 1 fully saturated rings. The first-order chi connectivity index (χ1) is 12.3. The molecule has 0 atom stereocenters. The predicted molar refractivity (Wildman–Crippen MR) is 91.6 cm³/mol.